The maximum absolute atomic E-state index is 8.94. The second-order valence-corrected chi connectivity index (χ2v) is 5.07. The first-order valence-corrected chi connectivity index (χ1v) is 7.08. The van der Waals surface area contributed by atoms with E-state index in [1.54, 1.807) is 11.0 Å². The maximum atomic E-state index is 8.94. The molecule has 0 saturated heterocycles. The van der Waals surface area contributed by atoms with Crippen molar-refractivity contribution >= 4 is 0 Å². The molecule has 0 aliphatic carbocycles. The fraction of sp³-hybridized carbons (Fsp3) is 0.467. The maximum Gasteiger partial charge on any atom is 0.0969 e. The highest BCUT2D eigenvalue weighted by molar-refractivity contribution is 5.28. The second kappa shape index (κ2) is 7.77. The summed E-state index contributed by atoms with van der Waals surface area (Å²) in [6.07, 6.45) is 3.89. The standard InChI is InChI=1S/C15H22N4O/c1-13(12-20)6-5-9-16-10-14-11-17-19(18-14)15-7-3-2-4-8-15/h2-4,7-8,11,13,16,20H,5-6,9-10,12H2,1H3. The predicted molar refractivity (Wildman–Crippen MR) is 78.5 cm³/mol. The van der Waals surface area contributed by atoms with Gasteiger partial charge in [0.15, 0.2) is 0 Å². The van der Waals surface area contributed by atoms with E-state index < -0.39 is 0 Å². The van der Waals surface area contributed by atoms with Crippen molar-refractivity contribution in [3.8, 4) is 5.69 Å². The Bertz CT molecular complexity index is 498. The Balaban J connectivity index is 1.74. The van der Waals surface area contributed by atoms with E-state index >= 15 is 0 Å². The summed E-state index contributed by atoms with van der Waals surface area (Å²) in [6, 6.07) is 9.88. The van der Waals surface area contributed by atoms with Crippen molar-refractivity contribution in [3.05, 3.63) is 42.2 Å². The van der Waals surface area contributed by atoms with E-state index in [1.165, 1.54) is 0 Å². The number of hydrogen-bond donors (Lipinski definition) is 2. The van der Waals surface area contributed by atoms with Crippen molar-refractivity contribution < 1.29 is 5.11 Å². The summed E-state index contributed by atoms with van der Waals surface area (Å²) in [6.45, 7) is 3.99. The molecule has 0 bridgehead atoms. The molecule has 1 unspecified atom stereocenters. The van der Waals surface area contributed by atoms with Crippen LogP contribution in [0.4, 0.5) is 0 Å². The Hall–Kier alpha value is -1.72. The van der Waals surface area contributed by atoms with Crippen LogP contribution in [0.15, 0.2) is 36.5 Å². The minimum atomic E-state index is 0.269. The molecule has 1 atom stereocenters. The van der Waals surface area contributed by atoms with Crippen molar-refractivity contribution in [1.29, 1.82) is 0 Å². The van der Waals surface area contributed by atoms with Gasteiger partial charge in [-0.25, -0.2) is 0 Å². The van der Waals surface area contributed by atoms with Crippen LogP contribution < -0.4 is 5.32 Å². The zero-order chi connectivity index (χ0) is 14.2. The van der Waals surface area contributed by atoms with Crippen molar-refractivity contribution in [1.82, 2.24) is 20.3 Å². The van der Waals surface area contributed by atoms with Gasteiger partial charge in [-0.05, 0) is 37.4 Å². The summed E-state index contributed by atoms with van der Waals surface area (Å²) < 4.78 is 0. The van der Waals surface area contributed by atoms with Gasteiger partial charge < -0.3 is 10.4 Å². The molecule has 0 fully saturated rings. The molecule has 0 spiro atoms. The summed E-state index contributed by atoms with van der Waals surface area (Å²) >= 11 is 0. The number of hydrogen-bond acceptors (Lipinski definition) is 4. The molecule has 108 valence electrons. The first-order chi connectivity index (χ1) is 9.79. The van der Waals surface area contributed by atoms with Crippen LogP contribution in [0, 0.1) is 5.92 Å². The highest BCUT2D eigenvalue weighted by atomic mass is 16.3. The summed E-state index contributed by atoms with van der Waals surface area (Å²) in [5.74, 6) is 0.385. The number of benzene rings is 1. The number of nitrogens with one attached hydrogen (secondary N) is 1. The van der Waals surface area contributed by atoms with Gasteiger partial charge in [0.1, 0.15) is 0 Å². The van der Waals surface area contributed by atoms with E-state index in [2.05, 4.69) is 22.4 Å². The third-order valence-corrected chi connectivity index (χ3v) is 3.19. The zero-order valence-corrected chi connectivity index (χ0v) is 11.9. The van der Waals surface area contributed by atoms with Crippen LogP contribution in [0.2, 0.25) is 0 Å². The topological polar surface area (TPSA) is 63.0 Å². The highest BCUT2D eigenvalue weighted by Gasteiger charge is 2.02. The minimum Gasteiger partial charge on any atom is -0.396 e. The van der Waals surface area contributed by atoms with Crippen LogP contribution in [-0.2, 0) is 6.54 Å². The average Bonchev–Trinajstić information content (AvgIpc) is 2.96. The second-order valence-electron chi connectivity index (χ2n) is 5.07. The molecule has 1 aromatic heterocycles. The highest BCUT2D eigenvalue weighted by Crippen LogP contribution is 2.05. The molecule has 5 heteroatoms. The third-order valence-electron chi connectivity index (χ3n) is 3.19. The van der Waals surface area contributed by atoms with E-state index in [0.717, 1.165) is 37.3 Å². The van der Waals surface area contributed by atoms with Gasteiger partial charge in [-0.1, -0.05) is 25.1 Å². The smallest absolute Gasteiger partial charge is 0.0969 e. The van der Waals surface area contributed by atoms with Crippen molar-refractivity contribution in [2.24, 2.45) is 5.92 Å². The number of aliphatic hydroxyl groups is 1. The lowest BCUT2D eigenvalue weighted by Crippen LogP contribution is -2.16. The van der Waals surface area contributed by atoms with Crippen molar-refractivity contribution in [2.75, 3.05) is 13.2 Å². The van der Waals surface area contributed by atoms with E-state index in [4.69, 9.17) is 5.11 Å². The lowest BCUT2D eigenvalue weighted by Gasteiger charge is -2.07. The van der Waals surface area contributed by atoms with Crippen LogP contribution >= 0.6 is 0 Å². The quantitative estimate of drug-likeness (QED) is 0.720. The normalized spacial score (nSPS) is 12.5. The van der Waals surface area contributed by atoms with E-state index in [0.29, 0.717) is 5.92 Å². The molecule has 1 aromatic carbocycles. The van der Waals surface area contributed by atoms with Gasteiger partial charge in [0.05, 0.1) is 17.6 Å². The lowest BCUT2D eigenvalue weighted by atomic mass is 10.1. The average molecular weight is 274 g/mol. The van der Waals surface area contributed by atoms with Crippen LogP contribution in [-0.4, -0.2) is 33.3 Å². The lowest BCUT2D eigenvalue weighted by molar-refractivity contribution is 0.228. The van der Waals surface area contributed by atoms with E-state index in [1.807, 2.05) is 30.3 Å². The van der Waals surface area contributed by atoms with Crippen LogP contribution in [0.25, 0.3) is 5.69 Å². The third kappa shape index (κ3) is 4.43. The summed E-state index contributed by atoms with van der Waals surface area (Å²) in [5.41, 5.74) is 1.90. The largest absolute Gasteiger partial charge is 0.396 e. The fourth-order valence-corrected chi connectivity index (χ4v) is 1.94. The van der Waals surface area contributed by atoms with Crippen molar-refractivity contribution in [2.45, 2.75) is 26.3 Å². The SMILES string of the molecule is CC(CO)CCCNCc1cnn(-c2ccccc2)n1. The number of aliphatic hydroxyl groups excluding tert-OH is 1. The zero-order valence-electron chi connectivity index (χ0n) is 11.9. The molecule has 0 radical (unpaired) electrons. The number of rotatable bonds is 8. The molecule has 2 aromatic rings. The van der Waals surface area contributed by atoms with E-state index in [9.17, 15) is 0 Å². The molecule has 0 aliphatic heterocycles. The summed E-state index contributed by atoms with van der Waals surface area (Å²) in [5, 5.41) is 21.0. The van der Waals surface area contributed by atoms with Gasteiger partial charge in [0.25, 0.3) is 0 Å². The Labute approximate surface area is 119 Å². The van der Waals surface area contributed by atoms with Crippen LogP contribution in [0.1, 0.15) is 25.5 Å². The Kier molecular flexibility index (Phi) is 5.70. The molecule has 2 N–H and O–H groups in total. The van der Waals surface area contributed by atoms with Gasteiger partial charge >= 0.3 is 0 Å². The first-order valence-electron chi connectivity index (χ1n) is 7.08. The number of nitrogens with zero attached hydrogens (tertiary/aromatic N) is 3. The Morgan fingerprint density at radius 3 is 2.85 bits per heavy atom. The number of para-hydroxylation sites is 1. The summed E-state index contributed by atoms with van der Waals surface area (Å²) in [4.78, 5) is 1.64. The van der Waals surface area contributed by atoms with Crippen LogP contribution in [0.5, 0.6) is 0 Å². The molecule has 5 nitrogen and oxygen atoms in total. The number of aromatic nitrogens is 3. The van der Waals surface area contributed by atoms with Crippen molar-refractivity contribution in [3.63, 3.8) is 0 Å². The fourth-order valence-electron chi connectivity index (χ4n) is 1.94. The van der Waals surface area contributed by atoms with Gasteiger partial charge in [-0.2, -0.15) is 15.0 Å². The van der Waals surface area contributed by atoms with Gasteiger partial charge in [0.2, 0.25) is 0 Å². The molecule has 0 aliphatic rings. The molecule has 2 rings (SSSR count). The predicted octanol–water partition coefficient (Wildman–Crippen LogP) is 1.77. The monoisotopic (exact) mass is 274 g/mol. The molecular formula is C15H22N4O. The molecule has 0 saturated carbocycles. The minimum absolute atomic E-state index is 0.269. The molecule has 1 heterocycles. The summed E-state index contributed by atoms with van der Waals surface area (Å²) in [7, 11) is 0. The molecule has 0 amide bonds. The Morgan fingerprint density at radius 2 is 2.10 bits per heavy atom. The van der Waals surface area contributed by atoms with Crippen LogP contribution in [0.3, 0.4) is 0 Å². The van der Waals surface area contributed by atoms with E-state index in [-0.39, 0.29) is 6.61 Å². The first kappa shape index (κ1) is 14.7. The Morgan fingerprint density at radius 1 is 1.30 bits per heavy atom. The molecule has 20 heavy (non-hydrogen) atoms. The van der Waals surface area contributed by atoms with Gasteiger partial charge in [0, 0.05) is 13.2 Å². The molecular weight excluding hydrogens is 252 g/mol. The van der Waals surface area contributed by atoms with Gasteiger partial charge in [-0.15, -0.1) is 0 Å². The van der Waals surface area contributed by atoms with Gasteiger partial charge in [-0.3, -0.25) is 0 Å².